The number of aliphatic hydroxyl groups is 1. The maximum absolute atomic E-state index is 10.8. The van der Waals surface area contributed by atoms with Gasteiger partial charge in [0.25, 0.3) is 0 Å². The molecule has 0 saturated carbocycles. The van der Waals surface area contributed by atoms with Gasteiger partial charge in [-0.3, -0.25) is 4.79 Å². The predicted octanol–water partition coefficient (Wildman–Crippen LogP) is 1.15. The highest BCUT2D eigenvalue weighted by atomic mass is 16.5. The molecule has 1 atom stereocenters. The highest BCUT2D eigenvalue weighted by Crippen LogP contribution is 2.21. The van der Waals surface area contributed by atoms with Crippen molar-refractivity contribution in [3.8, 4) is 0 Å². The average Bonchev–Trinajstić information content (AvgIpc) is 2.17. The minimum atomic E-state index is -0.491. The molecule has 10 heavy (non-hydrogen) atoms. The Labute approximate surface area is 59.3 Å². The van der Waals surface area contributed by atoms with Crippen LogP contribution in [0.4, 0.5) is 0 Å². The summed E-state index contributed by atoms with van der Waals surface area (Å²) in [4.78, 5) is 10.8. The molecule has 0 fully saturated rings. The van der Waals surface area contributed by atoms with Crippen LogP contribution in [0.15, 0.2) is 11.5 Å². The Balaban J connectivity index is 2.83. The number of allylic oxidation sites excluding steroid dienone is 1. The molecule has 0 saturated heterocycles. The van der Waals surface area contributed by atoms with Gasteiger partial charge in [0.05, 0.1) is 0 Å². The Bertz CT molecular complexity index is 193. The molecule has 56 valence electrons. The van der Waals surface area contributed by atoms with Crippen LogP contribution < -0.4 is 0 Å². The van der Waals surface area contributed by atoms with Crippen LogP contribution in [0.3, 0.4) is 0 Å². The predicted molar refractivity (Wildman–Crippen MR) is 35.5 cm³/mol. The fraction of sp³-hybridized carbons (Fsp3) is 0.571. The number of carbonyl (C=O) groups is 1. The maximum atomic E-state index is 10.8. The normalized spacial score (nSPS) is 25.4. The molecule has 0 spiro atoms. The van der Waals surface area contributed by atoms with E-state index in [9.17, 15) is 4.79 Å². The van der Waals surface area contributed by atoms with Gasteiger partial charge in [-0.05, 0) is 6.92 Å². The van der Waals surface area contributed by atoms with E-state index in [-0.39, 0.29) is 11.5 Å². The number of hydrogen-bond acceptors (Lipinski definition) is 3. The van der Waals surface area contributed by atoms with Crippen molar-refractivity contribution in [2.75, 3.05) is 0 Å². The fourth-order valence-corrected chi connectivity index (χ4v) is 0.903. The molecule has 0 bridgehead atoms. The molecule has 0 aromatic heterocycles. The van der Waals surface area contributed by atoms with Gasteiger partial charge in [0.2, 0.25) is 11.5 Å². The van der Waals surface area contributed by atoms with E-state index in [0.29, 0.717) is 12.2 Å². The summed E-state index contributed by atoms with van der Waals surface area (Å²) in [6.45, 7) is 3.46. The van der Waals surface area contributed by atoms with E-state index in [1.165, 1.54) is 0 Å². The van der Waals surface area contributed by atoms with Gasteiger partial charge in [-0.25, -0.2) is 0 Å². The molecule has 0 unspecified atom stereocenters. The number of rotatable bonds is 1. The van der Waals surface area contributed by atoms with Crippen molar-refractivity contribution in [2.24, 2.45) is 0 Å². The molecule has 0 aromatic rings. The van der Waals surface area contributed by atoms with Gasteiger partial charge in [0.15, 0.2) is 6.10 Å². The third kappa shape index (κ3) is 0.875. The van der Waals surface area contributed by atoms with Gasteiger partial charge < -0.3 is 9.84 Å². The van der Waals surface area contributed by atoms with Crippen LogP contribution in [0.2, 0.25) is 0 Å². The summed E-state index contributed by atoms with van der Waals surface area (Å²) in [6, 6.07) is 0. The second-order valence-electron chi connectivity index (χ2n) is 2.25. The standard InChI is InChI=1S/C7H10O3/c1-3-5-7(9)6(8)4(2)10-5/h4,9H,3H2,1-2H3/t4-/m1/s1. The van der Waals surface area contributed by atoms with E-state index in [0.717, 1.165) is 0 Å². The van der Waals surface area contributed by atoms with Crippen LogP contribution in [-0.4, -0.2) is 17.0 Å². The van der Waals surface area contributed by atoms with Gasteiger partial charge in [-0.1, -0.05) is 6.92 Å². The molecule has 1 aliphatic rings. The zero-order valence-corrected chi connectivity index (χ0v) is 6.05. The lowest BCUT2D eigenvalue weighted by Gasteiger charge is -2.01. The van der Waals surface area contributed by atoms with Gasteiger partial charge in [-0.2, -0.15) is 0 Å². The summed E-state index contributed by atoms with van der Waals surface area (Å²) in [7, 11) is 0. The highest BCUT2D eigenvalue weighted by Gasteiger charge is 2.30. The molecular formula is C7H10O3. The lowest BCUT2D eigenvalue weighted by Crippen LogP contribution is -2.12. The van der Waals surface area contributed by atoms with E-state index < -0.39 is 6.10 Å². The van der Waals surface area contributed by atoms with Crippen molar-refractivity contribution in [3.63, 3.8) is 0 Å². The first kappa shape index (κ1) is 7.12. The zero-order valence-electron chi connectivity index (χ0n) is 6.05. The van der Waals surface area contributed by atoms with Crippen molar-refractivity contribution in [2.45, 2.75) is 26.4 Å². The van der Waals surface area contributed by atoms with E-state index in [2.05, 4.69) is 0 Å². The van der Waals surface area contributed by atoms with Gasteiger partial charge in [0.1, 0.15) is 5.76 Å². The summed E-state index contributed by atoms with van der Waals surface area (Å²) >= 11 is 0. The molecule has 3 nitrogen and oxygen atoms in total. The van der Waals surface area contributed by atoms with Gasteiger partial charge in [-0.15, -0.1) is 0 Å². The zero-order chi connectivity index (χ0) is 7.72. The Hall–Kier alpha value is -0.990. The molecule has 0 amide bonds. The number of hydrogen-bond donors (Lipinski definition) is 1. The van der Waals surface area contributed by atoms with Crippen molar-refractivity contribution >= 4 is 5.78 Å². The molecule has 1 rings (SSSR count). The Kier molecular flexibility index (Phi) is 1.66. The van der Waals surface area contributed by atoms with Gasteiger partial charge >= 0.3 is 0 Å². The number of ketones is 1. The lowest BCUT2D eigenvalue weighted by molar-refractivity contribution is -0.122. The Morgan fingerprint density at radius 2 is 2.30 bits per heavy atom. The number of ether oxygens (including phenoxy) is 1. The third-order valence-corrected chi connectivity index (χ3v) is 1.51. The minimum absolute atomic E-state index is 0.199. The van der Waals surface area contributed by atoms with Crippen LogP contribution in [0.5, 0.6) is 0 Å². The number of carbonyl (C=O) groups excluding carboxylic acids is 1. The van der Waals surface area contributed by atoms with Crippen LogP contribution in [0, 0.1) is 0 Å². The van der Waals surface area contributed by atoms with Crippen LogP contribution in [0.1, 0.15) is 20.3 Å². The topological polar surface area (TPSA) is 46.5 Å². The van der Waals surface area contributed by atoms with E-state index in [1.807, 2.05) is 6.92 Å². The highest BCUT2D eigenvalue weighted by molar-refractivity contribution is 5.98. The van der Waals surface area contributed by atoms with Crippen LogP contribution >= 0.6 is 0 Å². The molecule has 0 radical (unpaired) electrons. The summed E-state index contributed by atoms with van der Waals surface area (Å²) < 4.78 is 5.02. The fourth-order valence-electron chi connectivity index (χ4n) is 0.903. The molecular weight excluding hydrogens is 132 g/mol. The maximum Gasteiger partial charge on any atom is 0.240 e. The average molecular weight is 142 g/mol. The molecule has 3 heteroatoms. The second-order valence-corrected chi connectivity index (χ2v) is 2.25. The molecule has 1 N–H and O–H groups in total. The quantitative estimate of drug-likeness (QED) is 0.597. The minimum Gasteiger partial charge on any atom is -0.502 e. The Morgan fingerprint density at radius 1 is 1.70 bits per heavy atom. The molecule has 1 heterocycles. The smallest absolute Gasteiger partial charge is 0.240 e. The first-order valence-electron chi connectivity index (χ1n) is 3.29. The van der Waals surface area contributed by atoms with Crippen molar-refractivity contribution in [1.29, 1.82) is 0 Å². The van der Waals surface area contributed by atoms with E-state index in [4.69, 9.17) is 9.84 Å². The van der Waals surface area contributed by atoms with Crippen LogP contribution in [-0.2, 0) is 9.53 Å². The Morgan fingerprint density at radius 3 is 2.50 bits per heavy atom. The van der Waals surface area contributed by atoms with E-state index in [1.54, 1.807) is 6.92 Å². The summed E-state index contributed by atoms with van der Waals surface area (Å²) in [5.74, 6) is -0.0932. The monoisotopic (exact) mass is 142 g/mol. The largest absolute Gasteiger partial charge is 0.502 e. The van der Waals surface area contributed by atoms with Crippen molar-refractivity contribution in [1.82, 2.24) is 0 Å². The summed E-state index contributed by atoms with van der Waals surface area (Å²) in [5.41, 5.74) is 0. The first-order chi connectivity index (χ1) is 4.66. The molecule has 1 aliphatic heterocycles. The van der Waals surface area contributed by atoms with Crippen molar-refractivity contribution in [3.05, 3.63) is 11.5 Å². The molecule has 0 aromatic carbocycles. The van der Waals surface area contributed by atoms with Crippen molar-refractivity contribution < 1.29 is 14.6 Å². The summed E-state index contributed by atoms with van der Waals surface area (Å²) in [6.07, 6.45) is 0.0806. The molecule has 0 aliphatic carbocycles. The number of Topliss-reactive ketones (excluding diaryl/α,β-unsaturated/α-hetero) is 1. The van der Waals surface area contributed by atoms with Crippen LogP contribution in [0.25, 0.3) is 0 Å². The number of aliphatic hydroxyl groups excluding tert-OH is 1. The first-order valence-corrected chi connectivity index (χ1v) is 3.29. The third-order valence-electron chi connectivity index (χ3n) is 1.51. The van der Waals surface area contributed by atoms with E-state index >= 15 is 0 Å². The summed E-state index contributed by atoms with van der Waals surface area (Å²) in [5, 5.41) is 9.03. The SMILES string of the molecule is CCC1=C(O)C(=O)[C@@H](C)O1. The van der Waals surface area contributed by atoms with Gasteiger partial charge in [0, 0.05) is 6.42 Å². The lowest BCUT2D eigenvalue weighted by atomic mass is 10.2. The second kappa shape index (κ2) is 2.33.